The molecule has 2 aromatic rings. The van der Waals surface area contributed by atoms with Gasteiger partial charge in [-0.15, -0.1) is 11.3 Å². The molecule has 1 fully saturated rings. The molecule has 1 aliphatic rings. The zero-order valence-corrected chi connectivity index (χ0v) is 17.0. The molecule has 2 aromatic heterocycles. The Labute approximate surface area is 157 Å². The van der Waals surface area contributed by atoms with Crippen molar-refractivity contribution in [3.63, 3.8) is 0 Å². The van der Waals surface area contributed by atoms with E-state index in [0.717, 1.165) is 10.4 Å². The van der Waals surface area contributed by atoms with Crippen LogP contribution in [0.4, 0.5) is 0 Å². The second-order valence-electron chi connectivity index (χ2n) is 6.55. The minimum absolute atomic E-state index is 0.0252. The summed E-state index contributed by atoms with van der Waals surface area (Å²) in [5.41, 5.74) is 1.47. The van der Waals surface area contributed by atoms with E-state index < -0.39 is 10.0 Å². The molecule has 7 nitrogen and oxygen atoms in total. The molecule has 3 rings (SSSR count). The minimum atomic E-state index is -3.68. The Bertz CT molecular complexity index is 891. The van der Waals surface area contributed by atoms with Gasteiger partial charge in [-0.05, 0) is 45.7 Å². The molecule has 0 spiro atoms. The highest BCUT2D eigenvalue weighted by molar-refractivity contribution is 7.89. The van der Waals surface area contributed by atoms with Gasteiger partial charge in [0, 0.05) is 31.1 Å². The van der Waals surface area contributed by atoms with Crippen molar-refractivity contribution < 1.29 is 17.7 Å². The summed E-state index contributed by atoms with van der Waals surface area (Å²) in [7, 11) is -3.68. The van der Waals surface area contributed by atoms with Gasteiger partial charge >= 0.3 is 0 Å². The zero-order chi connectivity index (χ0) is 19.1. The van der Waals surface area contributed by atoms with E-state index in [1.54, 1.807) is 18.7 Å². The smallest absolute Gasteiger partial charge is 0.263 e. The van der Waals surface area contributed by atoms with Crippen molar-refractivity contribution in [3.05, 3.63) is 32.8 Å². The SMILES string of the molecule is Cc1cc(C(=O)N2CCCN(S(=O)(=O)c3c(C)noc3C)CC2)sc1C. The molecule has 26 heavy (non-hydrogen) atoms. The van der Waals surface area contributed by atoms with Gasteiger partial charge in [-0.2, -0.15) is 4.31 Å². The van der Waals surface area contributed by atoms with E-state index in [9.17, 15) is 13.2 Å². The van der Waals surface area contributed by atoms with E-state index in [0.29, 0.717) is 42.4 Å². The van der Waals surface area contributed by atoms with E-state index >= 15 is 0 Å². The molecule has 1 amide bonds. The number of aromatic nitrogens is 1. The number of sulfonamides is 1. The van der Waals surface area contributed by atoms with Crippen LogP contribution in [0.15, 0.2) is 15.5 Å². The quantitative estimate of drug-likeness (QED) is 0.795. The number of hydrogen-bond acceptors (Lipinski definition) is 6. The van der Waals surface area contributed by atoms with Crippen molar-refractivity contribution in [3.8, 4) is 0 Å². The first-order valence-corrected chi connectivity index (χ1v) is 10.8. The fraction of sp³-hybridized carbons (Fsp3) is 0.529. The number of nitrogens with zero attached hydrogens (tertiary/aromatic N) is 3. The third-order valence-corrected chi connectivity index (χ3v) is 7.97. The van der Waals surface area contributed by atoms with Crippen LogP contribution >= 0.6 is 11.3 Å². The Morgan fingerprint density at radius 1 is 1.15 bits per heavy atom. The van der Waals surface area contributed by atoms with Gasteiger partial charge in [0.2, 0.25) is 10.0 Å². The first-order chi connectivity index (χ1) is 12.2. The molecular weight excluding hydrogens is 374 g/mol. The lowest BCUT2D eigenvalue weighted by Gasteiger charge is -2.21. The predicted octanol–water partition coefficient (Wildman–Crippen LogP) is 2.51. The van der Waals surface area contributed by atoms with Crippen molar-refractivity contribution in [2.75, 3.05) is 26.2 Å². The highest BCUT2D eigenvalue weighted by atomic mass is 32.2. The van der Waals surface area contributed by atoms with Crippen LogP contribution in [0.25, 0.3) is 0 Å². The summed E-state index contributed by atoms with van der Waals surface area (Å²) in [6, 6.07) is 1.91. The number of carbonyl (C=O) groups is 1. The monoisotopic (exact) mass is 397 g/mol. The van der Waals surface area contributed by atoms with Crippen LogP contribution in [-0.2, 0) is 10.0 Å². The summed E-state index contributed by atoms with van der Waals surface area (Å²) in [5, 5.41) is 3.75. The molecule has 0 aromatic carbocycles. The van der Waals surface area contributed by atoms with Gasteiger partial charge in [-0.1, -0.05) is 5.16 Å². The first-order valence-electron chi connectivity index (χ1n) is 8.51. The van der Waals surface area contributed by atoms with Crippen LogP contribution < -0.4 is 0 Å². The number of aryl methyl sites for hydroxylation is 4. The Morgan fingerprint density at radius 2 is 1.88 bits per heavy atom. The van der Waals surface area contributed by atoms with Crippen molar-refractivity contribution >= 4 is 27.3 Å². The van der Waals surface area contributed by atoms with Gasteiger partial charge in [-0.3, -0.25) is 4.79 Å². The van der Waals surface area contributed by atoms with Crippen LogP contribution in [0, 0.1) is 27.7 Å². The molecular formula is C17H23N3O4S2. The van der Waals surface area contributed by atoms with E-state index in [-0.39, 0.29) is 17.3 Å². The van der Waals surface area contributed by atoms with Gasteiger partial charge < -0.3 is 9.42 Å². The molecule has 9 heteroatoms. The lowest BCUT2D eigenvalue weighted by molar-refractivity contribution is 0.0769. The van der Waals surface area contributed by atoms with Crippen LogP contribution in [0.2, 0.25) is 0 Å². The number of thiophene rings is 1. The summed E-state index contributed by atoms with van der Waals surface area (Å²) in [6.07, 6.45) is 0.595. The van der Waals surface area contributed by atoms with Crippen LogP contribution in [-0.4, -0.2) is 54.9 Å². The summed E-state index contributed by atoms with van der Waals surface area (Å²) >= 11 is 1.49. The van der Waals surface area contributed by atoms with Crippen molar-refractivity contribution in [1.29, 1.82) is 0 Å². The highest BCUT2D eigenvalue weighted by Crippen LogP contribution is 2.26. The third-order valence-electron chi connectivity index (χ3n) is 4.68. The molecule has 0 radical (unpaired) electrons. The molecule has 1 saturated heterocycles. The summed E-state index contributed by atoms with van der Waals surface area (Å²) in [6.45, 7) is 8.76. The average molecular weight is 398 g/mol. The van der Waals surface area contributed by atoms with Crippen molar-refractivity contribution in [2.45, 2.75) is 39.0 Å². The molecule has 0 bridgehead atoms. The zero-order valence-electron chi connectivity index (χ0n) is 15.4. The normalized spacial score (nSPS) is 16.7. The standard InChI is InChI=1S/C17H23N3O4S2/c1-11-10-15(25-14(11)4)17(21)19-6-5-7-20(9-8-19)26(22,23)16-12(2)18-24-13(16)3/h10H,5-9H2,1-4H3. The fourth-order valence-corrected chi connectivity index (χ4v) is 5.91. The topological polar surface area (TPSA) is 83.7 Å². The molecule has 3 heterocycles. The predicted molar refractivity (Wildman–Crippen MR) is 99.0 cm³/mol. The highest BCUT2D eigenvalue weighted by Gasteiger charge is 2.33. The largest absolute Gasteiger partial charge is 0.360 e. The van der Waals surface area contributed by atoms with Gasteiger partial charge in [0.1, 0.15) is 10.6 Å². The van der Waals surface area contributed by atoms with E-state index in [2.05, 4.69) is 5.16 Å². The molecule has 142 valence electrons. The maximum atomic E-state index is 13.0. The summed E-state index contributed by atoms with van der Waals surface area (Å²) in [5.74, 6) is 0.270. The first kappa shape index (κ1) is 19.1. The molecule has 0 atom stereocenters. The van der Waals surface area contributed by atoms with Gasteiger partial charge in [0.25, 0.3) is 5.91 Å². The number of amides is 1. The van der Waals surface area contributed by atoms with Gasteiger partial charge in [0.15, 0.2) is 5.76 Å². The van der Waals surface area contributed by atoms with Crippen molar-refractivity contribution in [1.82, 2.24) is 14.4 Å². The number of hydrogen-bond donors (Lipinski definition) is 0. The number of rotatable bonds is 3. The Balaban J connectivity index is 1.77. The van der Waals surface area contributed by atoms with Crippen LogP contribution in [0.1, 0.15) is 38.0 Å². The lowest BCUT2D eigenvalue weighted by atomic mass is 10.2. The van der Waals surface area contributed by atoms with Crippen LogP contribution in [0.5, 0.6) is 0 Å². The summed E-state index contributed by atoms with van der Waals surface area (Å²) in [4.78, 5) is 16.5. The Kier molecular flexibility index (Phi) is 5.23. The maximum absolute atomic E-state index is 13.0. The van der Waals surface area contributed by atoms with Gasteiger partial charge in [0.05, 0.1) is 4.88 Å². The average Bonchev–Trinajstić information content (AvgIpc) is 2.98. The van der Waals surface area contributed by atoms with E-state index in [1.165, 1.54) is 15.6 Å². The maximum Gasteiger partial charge on any atom is 0.263 e. The minimum Gasteiger partial charge on any atom is -0.360 e. The van der Waals surface area contributed by atoms with Crippen molar-refractivity contribution in [2.24, 2.45) is 0 Å². The lowest BCUT2D eigenvalue weighted by Crippen LogP contribution is -2.37. The van der Waals surface area contributed by atoms with Gasteiger partial charge in [-0.25, -0.2) is 8.42 Å². The summed E-state index contributed by atoms with van der Waals surface area (Å²) < 4.78 is 32.4. The number of carbonyl (C=O) groups excluding carboxylic acids is 1. The second kappa shape index (κ2) is 7.13. The van der Waals surface area contributed by atoms with E-state index in [1.807, 2.05) is 19.9 Å². The van der Waals surface area contributed by atoms with Crippen LogP contribution in [0.3, 0.4) is 0 Å². The molecule has 0 saturated carbocycles. The molecule has 0 N–H and O–H groups in total. The Morgan fingerprint density at radius 3 is 2.46 bits per heavy atom. The molecule has 1 aliphatic heterocycles. The van der Waals surface area contributed by atoms with E-state index in [4.69, 9.17) is 4.52 Å². The molecule has 0 unspecified atom stereocenters. The third kappa shape index (κ3) is 3.43. The molecule has 0 aliphatic carbocycles. The Hall–Kier alpha value is -1.71. The second-order valence-corrected chi connectivity index (χ2v) is 9.68. The fourth-order valence-electron chi connectivity index (χ4n) is 3.14.